The number of rotatable bonds is 6. The molecule has 0 aromatic carbocycles. The largest absolute Gasteiger partial charge is 0.480 e. The molecule has 0 saturated heterocycles. The smallest absolute Gasteiger partial charge is 0.325 e. The number of hydrogen-bond donors (Lipinski definition) is 3. The minimum absolute atomic E-state index is 0.430. The van der Waals surface area contributed by atoms with Crippen LogP contribution in [-0.4, -0.2) is 41.7 Å². The number of thioether (sulfide) groups is 1. The molecule has 6 heteroatoms. The average molecular weight is 220 g/mol. The van der Waals surface area contributed by atoms with Gasteiger partial charge in [-0.2, -0.15) is 11.8 Å². The lowest BCUT2D eigenvalue weighted by atomic mass is 10.3. The van der Waals surface area contributed by atoms with Crippen molar-refractivity contribution in [3.8, 4) is 0 Å². The van der Waals surface area contributed by atoms with Crippen LogP contribution in [0.4, 0.5) is 4.79 Å². The van der Waals surface area contributed by atoms with Gasteiger partial charge in [0.15, 0.2) is 0 Å². The van der Waals surface area contributed by atoms with Crippen LogP contribution in [-0.2, 0) is 4.79 Å². The molecular weight excluding hydrogens is 204 g/mol. The number of urea groups is 1. The summed E-state index contributed by atoms with van der Waals surface area (Å²) in [5, 5.41) is 13.4. The summed E-state index contributed by atoms with van der Waals surface area (Å²) in [5.41, 5.74) is 0. The Bertz CT molecular complexity index is 199. The van der Waals surface area contributed by atoms with E-state index in [2.05, 4.69) is 10.6 Å². The molecule has 5 nitrogen and oxygen atoms in total. The van der Waals surface area contributed by atoms with Gasteiger partial charge < -0.3 is 15.7 Å². The van der Waals surface area contributed by atoms with Crippen molar-refractivity contribution in [1.82, 2.24) is 10.6 Å². The van der Waals surface area contributed by atoms with E-state index in [0.29, 0.717) is 6.54 Å². The van der Waals surface area contributed by atoms with Crippen LogP contribution >= 0.6 is 11.8 Å². The normalized spacial score (nSPS) is 11.9. The second-order valence-corrected chi connectivity index (χ2v) is 3.79. The van der Waals surface area contributed by atoms with E-state index in [1.54, 1.807) is 11.8 Å². The molecule has 14 heavy (non-hydrogen) atoms. The van der Waals surface area contributed by atoms with E-state index in [-0.39, 0.29) is 0 Å². The Morgan fingerprint density at radius 2 is 2.14 bits per heavy atom. The van der Waals surface area contributed by atoms with Crippen molar-refractivity contribution >= 4 is 23.8 Å². The summed E-state index contributed by atoms with van der Waals surface area (Å²) in [7, 11) is 0. The highest BCUT2D eigenvalue weighted by atomic mass is 32.2. The minimum Gasteiger partial charge on any atom is -0.480 e. The zero-order chi connectivity index (χ0) is 11.0. The van der Waals surface area contributed by atoms with Gasteiger partial charge >= 0.3 is 12.0 Å². The van der Waals surface area contributed by atoms with Crippen LogP contribution in [0.2, 0.25) is 0 Å². The zero-order valence-corrected chi connectivity index (χ0v) is 9.19. The van der Waals surface area contributed by atoms with Gasteiger partial charge in [0, 0.05) is 6.54 Å². The fourth-order valence-corrected chi connectivity index (χ4v) is 1.16. The lowest BCUT2D eigenvalue weighted by Gasteiger charge is -2.10. The van der Waals surface area contributed by atoms with Gasteiger partial charge in [0.25, 0.3) is 0 Å². The van der Waals surface area contributed by atoms with E-state index in [0.717, 1.165) is 12.2 Å². The monoisotopic (exact) mass is 220 g/mol. The van der Waals surface area contributed by atoms with Crippen LogP contribution in [0.15, 0.2) is 0 Å². The van der Waals surface area contributed by atoms with E-state index < -0.39 is 18.0 Å². The molecule has 0 unspecified atom stereocenters. The third kappa shape index (κ3) is 6.59. The van der Waals surface area contributed by atoms with Crippen molar-refractivity contribution in [3.63, 3.8) is 0 Å². The van der Waals surface area contributed by atoms with Crippen LogP contribution in [0.25, 0.3) is 0 Å². The van der Waals surface area contributed by atoms with Crippen molar-refractivity contribution in [3.05, 3.63) is 0 Å². The van der Waals surface area contributed by atoms with Crippen molar-refractivity contribution in [2.45, 2.75) is 19.4 Å². The van der Waals surface area contributed by atoms with Gasteiger partial charge in [-0.25, -0.2) is 4.79 Å². The molecule has 0 aliphatic heterocycles. The first kappa shape index (κ1) is 13.1. The SMILES string of the molecule is CSCCCNC(=O)N[C@H](C)C(=O)O. The molecule has 0 aliphatic carbocycles. The Morgan fingerprint density at radius 1 is 1.50 bits per heavy atom. The van der Waals surface area contributed by atoms with Gasteiger partial charge in [-0.1, -0.05) is 0 Å². The van der Waals surface area contributed by atoms with Gasteiger partial charge in [0.05, 0.1) is 0 Å². The van der Waals surface area contributed by atoms with E-state index >= 15 is 0 Å². The highest BCUT2D eigenvalue weighted by Crippen LogP contribution is 1.93. The van der Waals surface area contributed by atoms with Crippen molar-refractivity contribution in [2.75, 3.05) is 18.6 Å². The topological polar surface area (TPSA) is 78.4 Å². The lowest BCUT2D eigenvalue weighted by molar-refractivity contribution is -0.138. The molecular formula is C8H16N2O3S. The summed E-state index contributed by atoms with van der Waals surface area (Å²) >= 11 is 1.71. The first-order valence-corrected chi connectivity index (χ1v) is 5.73. The first-order chi connectivity index (χ1) is 6.57. The van der Waals surface area contributed by atoms with Gasteiger partial charge in [-0.15, -0.1) is 0 Å². The highest BCUT2D eigenvalue weighted by molar-refractivity contribution is 7.98. The maximum absolute atomic E-state index is 11.0. The summed E-state index contributed by atoms with van der Waals surface area (Å²) < 4.78 is 0. The minimum atomic E-state index is -1.04. The van der Waals surface area contributed by atoms with Gasteiger partial charge in [-0.05, 0) is 25.4 Å². The molecule has 3 N–H and O–H groups in total. The van der Waals surface area contributed by atoms with E-state index in [1.165, 1.54) is 6.92 Å². The molecule has 0 spiro atoms. The number of nitrogens with one attached hydrogen (secondary N) is 2. The molecule has 0 bridgehead atoms. The van der Waals surface area contributed by atoms with Gasteiger partial charge in [-0.3, -0.25) is 4.79 Å². The van der Waals surface area contributed by atoms with Crippen LogP contribution in [0.1, 0.15) is 13.3 Å². The van der Waals surface area contributed by atoms with E-state index in [9.17, 15) is 9.59 Å². The Kier molecular flexibility index (Phi) is 7.00. The highest BCUT2D eigenvalue weighted by Gasteiger charge is 2.12. The summed E-state index contributed by atoms with van der Waals surface area (Å²) in [6.07, 6.45) is 2.88. The molecule has 82 valence electrons. The maximum atomic E-state index is 11.0. The molecule has 0 aliphatic rings. The fourth-order valence-electron chi connectivity index (χ4n) is 0.728. The van der Waals surface area contributed by atoms with E-state index in [4.69, 9.17) is 5.11 Å². The zero-order valence-electron chi connectivity index (χ0n) is 8.37. The third-order valence-electron chi connectivity index (χ3n) is 1.53. The van der Waals surface area contributed by atoms with Crippen LogP contribution in [0.5, 0.6) is 0 Å². The summed E-state index contributed by atoms with van der Waals surface area (Å²) in [4.78, 5) is 21.4. The Hall–Kier alpha value is -0.910. The van der Waals surface area contributed by atoms with Crippen molar-refractivity contribution < 1.29 is 14.7 Å². The number of carbonyl (C=O) groups is 2. The Labute approximate surface area is 87.6 Å². The second kappa shape index (κ2) is 7.49. The molecule has 0 fully saturated rings. The van der Waals surface area contributed by atoms with Crippen molar-refractivity contribution in [2.24, 2.45) is 0 Å². The quantitative estimate of drug-likeness (QED) is 0.570. The molecule has 0 rings (SSSR count). The third-order valence-corrected chi connectivity index (χ3v) is 2.23. The second-order valence-electron chi connectivity index (χ2n) is 2.81. The number of carboxylic acids is 1. The fraction of sp³-hybridized carbons (Fsp3) is 0.750. The predicted octanol–water partition coefficient (Wildman–Crippen LogP) is 0.512. The molecule has 2 amide bonds. The standard InChI is InChI=1S/C8H16N2O3S/c1-6(7(11)12)10-8(13)9-4-3-5-14-2/h6H,3-5H2,1-2H3,(H,11,12)(H2,9,10,13)/t6-/m1/s1. The maximum Gasteiger partial charge on any atom is 0.325 e. The Morgan fingerprint density at radius 3 is 2.64 bits per heavy atom. The first-order valence-electron chi connectivity index (χ1n) is 4.34. The number of amides is 2. The average Bonchev–Trinajstić information content (AvgIpc) is 2.12. The number of carboxylic acid groups (broad SMARTS) is 1. The van der Waals surface area contributed by atoms with E-state index in [1.807, 2.05) is 6.26 Å². The number of hydrogen-bond acceptors (Lipinski definition) is 3. The number of carbonyl (C=O) groups excluding carboxylic acids is 1. The molecule has 0 radical (unpaired) electrons. The molecule has 0 aromatic rings. The molecule has 1 atom stereocenters. The molecule has 0 heterocycles. The van der Waals surface area contributed by atoms with Gasteiger partial charge in [0.2, 0.25) is 0 Å². The summed E-state index contributed by atoms with van der Waals surface area (Å²) in [6, 6.07) is -1.28. The van der Waals surface area contributed by atoms with Crippen molar-refractivity contribution in [1.29, 1.82) is 0 Å². The number of aliphatic carboxylic acids is 1. The molecule has 0 aromatic heterocycles. The van der Waals surface area contributed by atoms with Crippen LogP contribution < -0.4 is 10.6 Å². The van der Waals surface area contributed by atoms with Gasteiger partial charge in [0.1, 0.15) is 6.04 Å². The summed E-state index contributed by atoms with van der Waals surface area (Å²) in [5.74, 6) is -0.0568. The lowest BCUT2D eigenvalue weighted by Crippen LogP contribution is -2.44. The predicted molar refractivity (Wildman–Crippen MR) is 56.6 cm³/mol. The summed E-state index contributed by atoms with van der Waals surface area (Å²) in [6.45, 7) is 1.99. The van der Waals surface area contributed by atoms with Crippen LogP contribution in [0.3, 0.4) is 0 Å². The van der Waals surface area contributed by atoms with Crippen LogP contribution in [0, 0.1) is 0 Å². The Balaban J connectivity index is 3.50. The molecule has 0 saturated carbocycles.